The maximum atomic E-state index is 13.6. The van der Waals surface area contributed by atoms with E-state index in [1.807, 2.05) is 50.2 Å². The van der Waals surface area contributed by atoms with Gasteiger partial charge in [-0.3, -0.25) is 14.4 Å². The lowest BCUT2D eigenvalue weighted by Crippen LogP contribution is -2.32. The monoisotopic (exact) mass is 563 g/mol. The molecule has 2 heterocycles. The fourth-order valence-corrected chi connectivity index (χ4v) is 5.32. The standard InChI is InChI=1S/C32H25N3O5S/c1-19-3-8-22(9-4-19)33-28-29(32(38)35(31(28)37)24-12-5-20(2)6-13-24)41-25-14-10-23(11-15-25)34-30(36)21-7-16-26-27(17-21)40-18-39-26/h3-17,33H,18H2,1-2H3,(H,34,36). The van der Waals surface area contributed by atoms with Crippen LogP contribution in [0, 0.1) is 13.8 Å². The zero-order valence-corrected chi connectivity index (χ0v) is 23.1. The molecule has 0 aromatic heterocycles. The topological polar surface area (TPSA) is 97.0 Å². The van der Waals surface area contributed by atoms with Gasteiger partial charge in [-0.2, -0.15) is 0 Å². The van der Waals surface area contributed by atoms with Crippen LogP contribution in [0.4, 0.5) is 17.1 Å². The van der Waals surface area contributed by atoms with Crippen molar-refractivity contribution in [3.8, 4) is 11.5 Å². The first-order chi connectivity index (χ1) is 19.9. The molecule has 0 unspecified atom stereocenters. The number of amides is 3. The molecule has 0 atom stereocenters. The van der Waals surface area contributed by atoms with Crippen molar-refractivity contribution in [3.63, 3.8) is 0 Å². The largest absolute Gasteiger partial charge is 0.454 e. The van der Waals surface area contributed by atoms with Crippen LogP contribution in [-0.4, -0.2) is 24.5 Å². The molecule has 6 rings (SSSR count). The molecule has 2 N–H and O–H groups in total. The van der Waals surface area contributed by atoms with Gasteiger partial charge in [0, 0.05) is 21.8 Å². The Morgan fingerprint density at radius 1 is 0.756 bits per heavy atom. The van der Waals surface area contributed by atoms with E-state index in [1.54, 1.807) is 54.6 Å². The molecule has 2 aliphatic rings. The summed E-state index contributed by atoms with van der Waals surface area (Å²) in [4.78, 5) is 42.2. The van der Waals surface area contributed by atoms with E-state index in [-0.39, 0.29) is 23.3 Å². The molecule has 4 aromatic carbocycles. The normalized spacial score (nSPS) is 14.0. The highest BCUT2D eigenvalue weighted by atomic mass is 32.2. The third kappa shape index (κ3) is 5.39. The van der Waals surface area contributed by atoms with Crippen LogP contribution in [0.15, 0.2) is 106 Å². The second-order valence-corrected chi connectivity index (χ2v) is 10.7. The summed E-state index contributed by atoms with van der Waals surface area (Å²) in [6, 6.07) is 27.0. The van der Waals surface area contributed by atoms with Crippen LogP contribution in [0.5, 0.6) is 11.5 Å². The number of carbonyl (C=O) groups excluding carboxylic acids is 3. The van der Waals surface area contributed by atoms with Crippen molar-refractivity contribution in [2.45, 2.75) is 18.7 Å². The molecule has 204 valence electrons. The van der Waals surface area contributed by atoms with Gasteiger partial charge in [-0.05, 0) is 80.6 Å². The van der Waals surface area contributed by atoms with Gasteiger partial charge in [-0.15, -0.1) is 0 Å². The number of rotatable bonds is 7. The molecule has 0 spiro atoms. The first kappa shape index (κ1) is 26.2. The smallest absolute Gasteiger partial charge is 0.283 e. The summed E-state index contributed by atoms with van der Waals surface area (Å²) in [5, 5.41) is 6.04. The van der Waals surface area contributed by atoms with E-state index in [4.69, 9.17) is 9.47 Å². The molecule has 0 radical (unpaired) electrons. The second kappa shape index (κ2) is 10.9. The average molecular weight is 564 g/mol. The number of fused-ring (bicyclic) bond motifs is 1. The number of imide groups is 1. The fraction of sp³-hybridized carbons (Fsp3) is 0.0938. The van der Waals surface area contributed by atoms with Gasteiger partial charge in [0.1, 0.15) is 10.6 Å². The maximum absolute atomic E-state index is 13.6. The molecule has 0 fully saturated rings. The van der Waals surface area contributed by atoms with Gasteiger partial charge in [0.15, 0.2) is 11.5 Å². The highest BCUT2D eigenvalue weighted by molar-refractivity contribution is 8.04. The summed E-state index contributed by atoms with van der Waals surface area (Å²) >= 11 is 1.19. The summed E-state index contributed by atoms with van der Waals surface area (Å²) < 4.78 is 10.7. The lowest BCUT2D eigenvalue weighted by atomic mass is 10.2. The number of nitrogens with one attached hydrogen (secondary N) is 2. The van der Waals surface area contributed by atoms with Crippen molar-refractivity contribution in [1.82, 2.24) is 0 Å². The molecular formula is C32H25N3O5S. The SMILES string of the molecule is Cc1ccc(NC2=C(Sc3ccc(NC(=O)c4ccc5c(c4)OCO5)cc3)C(=O)N(c3ccc(C)cc3)C2=O)cc1. The van der Waals surface area contributed by atoms with E-state index in [9.17, 15) is 14.4 Å². The number of nitrogens with zero attached hydrogens (tertiary/aromatic N) is 1. The lowest BCUT2D eigenvalue weighted by molar-refractivity contribution is -0.120. The Morgan fingerprint density at radius 3 is 2.10 bits per heavy atom. The number of carbonyl (C=O) groups is 3. The second-order valence-electron chi connectivity index (χ2n) is 9.63. The maximum Gasteiger partial charge on any atom is 0.283 e. The van der Waals surface area contributed by atoms with Crippen molar-refractivity contribution >= 4 is 46.5 Å². The van der Waals surface area contributed by atoms with Gasteiger partial charge in [-0.25, -0.2) is 4.90 Å². The predicted octanol–water partition coefficient (Wildman–Crippen LogP) is 6.27. The Hall–Kier alpha value is -5.02. The zero-order valence-electron chi connectivity index (χ0n) is 22.3. The van der Waals surface area contributed by atoms with E-state index < -0.39 is 11.8 Å². The highest BCUT2D eigenvalue weighted by Gasteiger charge is 2.40. The van der Waals surface area contributed by atoms with E-state index in [0.29, 0.717) is 34.1 Å². The molecule has 2 aliphatic heterocycles. The first-order valence-corrected chi connectivity index (χ1v) is 13.7. The first-order valence-electron chi connectivity index (χ1n) is 12.9. The minimum Gasteiger partial charge on any atom is -0.454 e. The molecule has 0 aliphatic carbocycles. The van der Waals surface area contributed by atoms with Crippen LogP contribution in [-0.2, 0) is 9.59 Å². The molecular weight excluding hydrogens is 538 g/mol. The van der Waals surface area contributed by atoms with Crippen LogP contribution in [0.3, 0.4) is 0 Å². The number of benzene rings is 4. The van der Waals surface area contributed by atoms with Crippen molar-refractivity contribution in [3.05, 3.63) is 118 Å². The number of aryl methyl sites for hydroxylation is 2. The third-order valence-corrected chi connectivity index (χ3v) is 7.71. The van der Waals surface area contributed by atoms with Crippen LogP contribution in [0.1, 0.15) is 21.5 Å². The minimum atomic E-state index is -0.422. The van der Waals surface area contributed by atoms with Crippen molar-refractivity contribution in [1.29, 1.82) is 0 Å². The van der Waals surface area contributed by atoms with Crippen LogP contribution < -0.4 is 25.0 Å². The van der Waals surface area contributed by atoms with Crippen molar-refractivity contribution in [2.24, 2.45) is 0 Å². The van der Waals surface area contributed by atoms with Crippen LogP contribution >= 0.6 is 11.8 Å². The summed E-state index contributed by atoms with van der Waals surface area (Å²) in [7, 11) is 0. The van der Waals surface area contributed by atoms with E-state index in [0.717, 1.165) is 16.0 Å². The van der Waals surface area contributed by atoms with Gasteiger partial charge in [0.25, 0.3) is 17.7 Å². The summed E-state index contributed by atoms with van der Waals surface area (Å²) in [6.07, 6.45) is 0. The average Bonchev–Trinajstić information content (AvgIpc) is 3.54. The highest BCUT2D eigenvalue weighted by Crippen LogP contribution is 2.38. The fourth-order valence-electron chi connectivity index (χ4n) is 4.39. The predicted molar refractivity (Wildman–Crippen MR) is 158 cm³/mol. The van der Waals surface area contributed by atoms with Crippen LogP contribution in [0.2, 0.25) is 0 Å². The summed E-state index contributed by atoms with van der Waals surface area (Å²) in [5.41, 5.74) is 4.56. The summed E-state index contributed by atoms with van der Waals surface area (Å²) in [5.74, 6) is 0.0204. The summed E-state index contributed by atoms with van der Waals surface area (Å²) in [6.45, 7) is 4.06. The van der Waals surface area contributed by atoms with Gasteiger partial charge in [0.05, 0.1) is 5.69 Å². The Bertz CT molecular complexity index is 1700. The van der Waals surface area contributed by atoms with Crippen molar-refractivity contribution < 1.29 is 23.9 Å². The van der Waals surface area contributed by atoms with Crippen molar-refractivity contribution in [2.75, 3.05) is 22.3 Å². The number of thioether (sulfide) groups is 1. The number of ether oxygens (including phenoxy) is 2. The van der Waals surface area contributed by atoms with Gasteiger partial charge in [-0.1, -0.05) is 47.2 Å². The molecule has 3 amide bonds. The van der Waals surface area contributed by atoms with E-state index >= 15 is 0 Å². The zero-order chi connectivity index (χ0) is 28.5. The molecule has 9 heteroatoms. The Labute approximate surface area is 241 Å². The molecule has 41 heavy (non-hydrogen) atoms. The number of hydrogen-bond acceptors (Lipinski definition) is 7. The Balaban J connectivity index is 1.23. The molecule has 0 saturated carbocycles. The number of hydrogen-bond donors (Lipinski definition) is 2. The Kier molecular flexibility index (Phi) is 6.94. The lowest BCUT2D eigenvalue weighted by Gasteiger charge is -2.15. The minimum absolute atomic E-state index is 0.134. The molecule has 8 nitrogen and oxygen atoms in total. The van der Waals surface area contributed by atoms with E-state index in [1.165, 1.54) is 16.7 Å². The van der Waals surface area contributed by atoms with Gasteiger partial charge < -0.3 is 20.1 Å². The van der Waals surface area contributed by atoms with Gasteiger partial charge >= 0.3 is 0 Å². The quantitative estimate of drug-likeness (QED) is 0.256. The van der Waals surface area contributed by atoms with Crippen LogP contribution in [0.25, 0.3) is 0 Å². The Morgan fingerprint density at radius 2 is 1.39 bits per heavy atom. The molecule has 4 aromatic rings. The molecule has 0 bridgehead atoms. The van der Waals surface area contributed by atoms with Gasteiger partial charge in [0.2, 0.25) is 6.79 Å². The molecule has 0 saturated heterocycles. The third-order valence-electron chi connectivity index (χ3n) is 6.62. The van der Waals surface area contributed by atoms with E-state index in [2.05, 4.69) is 10.6 Å². The number of anilines is 3.